The number of halogens is 5. The summed E-state index contributed by atoms with van der Waals surface area (Å²) < 4.78 is 107. The SMILES string of the molecule is CC1(COP(=O)(O)OP(=O)(O)O)OC(C)(n2cc(C(F)(F)F)c(=O)n(CC(F)(F)c3ccccc3)c2=O)C(O)C1O. The lowest BCUT2D eigenvalue weighted by molar-refractivity contribution is -0.176. The molecule has 0 saturated carbocycles. The molecule has 0 radical (unpaired) electrons. The summed E-state index contributed by atoms with van der Waals surface area (Å²) in [6.45, 7) is -1.59. The maximum Gasteiger partial charge on any atom is 0.481 e. The van der Waals surface area contributed by atoms with Gasteiger partial charge >= 0.3 is 27.5 Å². The van der Waals surface area contributed by atoms with E-state index in [0.717, 1.165) is 26.0 Å². The zero-order chi connectivity index (χ0) is 31.4. The Labute approximate surface area is 226 Å². The highest BCUT2D eigenvalue weighted by atomic mass is 31.3. The van der Waals surface area contributed by atoms with Crippen molar-refractivity contribution in [3.63, 3.8) is 0 Å². The molecule has 1 aliphatic heterocycles. The van der Waals surface area contributed by atoms with E-state index in [1.165, 1.54) is 18.2 Å². The average molecular weight is 640 g/mol. The van der Waals surface area contributed by atoms with Crippen LogP contribution in [0.15, 0.2) is 46.1 Å². The quantitative estimate of drug-likeness (QED) is 0.194. The largest absolute Gasteiger partial charge is 0.481 e. The summed E-state index contributed by atoms with van der Waals surface area (Å²) in [6.07, 6.45) is -10.3. The Hall–Kier alpha value is -2.31. The van der Waals surface area contributed by atoms with Gasteiger partial charge in [-0.25, -0.2) is 13.9 Å². The second-order valence-corrected chi connectivity index (χ2v) is 12.2. The molecule has 1 aromatic heterocycles. The summed E-state index contributed by atoms with van der Waals surface area (Å²) in [5.74, 6) is -4.05. The van der Waals surface area contributed by atoms with Gasteiger partial charge < -0.3 is 29.6 Å². The Morgan fingerprint density at radius 2 is 1.56 bits per heavy atom. The third kappa shape index (κ3) is 6.85. The smallest absolute Gasteiger partial charge is 0.387 e. The van der Waals surface area contributed by atoms with E-state index < -0.39 is 91.4 Å². The van der Waals surface area contributed by atoms with Crippen molar-refractivity contribution >= 4 is 15.6 Å². The van der Waals surface area contributed by atoms with Gasteiger partial charge in [0.2, 0.25) is 0 Å². The maximum atomic E-state index is 15.0. The Kier molecular flexibility index (Phi) is 8.71. The van der Waals surface area contributed by atoms with Crippen LogP contribution in [0.2, 0.25) is 0 Å². The molecule has 1 aliphatic rings. The van der Waals surface area contributed by atoms with Crippen LogP contribution in [-0.4, -0.2) is 58.4 Å². The molecule has 1 saturated heterocycles. The molecule has 0 amide bonds. The number of aromatic nitrogens is 2. The van der Waals surface area contributed by atoms with Crippen molar-refractivity contribution in [3.05, 3.63) is 68.5 Å². The first-order valence-corrected chi connectivity index (χ1v) is 14.1. The van der Waals surface area contributed by atoms with E-state index in [1.54, 1.807) is 0 Å². The number of hydrogen-bond donors (Lipinski definition) is 5. The molecule has 1 aromatic carbocycles. The minimum Gasteiger partial charge on any atom is -0.387 e. The fraction of sp³-hybridized carbons (Fsp3) is 0.500. The van der Waals surface area contributed by atoms with Gasteiger partial charge in [0, 0.05) is 11.8 Å². The molecule has 5 atom stereocenters. The van der Waals surface area contributed by atoms with Crippen LogP contribution < -0.4 is 11.2 Å². The van der Waals surface area contributed by atoms with Crippen LogP contribution in [0.1, 0.15) is 25.0 Å². The highest BCUT2D eigenvalue weighted by Crippen LogP contribution is 2.58. The summed E-state index contributed by atoms with van der Waals surface area (Å²) in [7, 11) is -11.1. The Bertz CT molecular complexity index is 1510. The molecule has 41 heavy (non-hydrogen) atoms. The number of hydrogen-bond acceptors (Lipinski definition) is 9. The van der Waals surface area contributed by atoms with Gasteiger partial charge in [-0.15, -0.1) is 0 Å². The molecular weight excluding hydrogens is 617 g/mol. The molecular formula is C20H23F5N2O12P2. The van der Waals surface area contributed by atoms with Crippen molar-refractivity contribution in [1.29, 1.82) is 0 Å². The number of rotatable bonds is 9. The van der Waals surface area contributed by atoms with E-state index in [-0.39, 0.29) is 10.8 Å². The molecule has 0 spiro atoms. The van der Waals surface area contributed by atoms with Crippen LogP contribution in [0.4, 0.5) is 22.0 Å². The number of nitrogens with zero attached hydrogens (tertiary/aromatic N) is 2. The van der Waals surface area contributed by atoms with Gasteiger partial charge in [0.1, 0.15) is 23.4 Å². The molecule has 5 N–H and O–H groups in total. The zero-order valence-corrected chi connectivity index (χ0v) is 22.6. The highest BCUT2D eigenvalue weighted by molar-refractivity contribution is 7.60. The van der Waals surface area contributed by atoms with E-state index in [1.807, 2.05) is 0 Å². The highest BCUT2D eigenvalue weighted by Gasteiger charge is 2.60. The number of aliphatic hydroxyl groups is 2. The Morgan fingerprint density at radius 3 is 2.07 bits per heavy atom. The van der Waals surface area contributed by atoms with Crippen molar-refractivity contribution in [3.8, 4) is 0 Å². The summed E-state index contributed by atoms with van der Waals surface area (Å²) in [5.41, 5.74) is -12.0. The molecule has 0 bridgehead atoms. The van der Waals surface area contributed by atoms with Crippen molar-refractivity contribution in [2.75, 3.05) is 6.61 Å². The first kappa shape index (κ1) is 33.2. The average Bonchev–Trinajstić information content (AvgIpc) is 2.99. The summed E-state index contributed by atoms with van der Waals surface area (Å²) in [6, 6.07) is 5.53. The molecule has 5 unspecified atom stereocenters. The molecule has 1 fully saturated rings. The van der Waals surface area contributed by atoms with Crippen molar-refractivity contribution in [2.45, 2.75) is 56.0 Å². The number of benzene rings is 1. The first-order valence-electron chi connectivity index (χ1n) is 11.1. The number of phosphoric acid groups is 2. The van der Waals surface area contributed by atoms with Crippen LogP contribution in [-0.2, 0) is 47.1 Å². The number of ether oxygens (including phenoxy) is 1. The van der Waals surface area contributed by atoms with Gasteiger partial charge in [0.25, 0.3) is 11.5 Å². The lowest BCUT2D eigenvalue weighted by Crippen LogP contribution is -2.54. The number of alkyl halides is 5. The van der Waals surface area contributed by atoms with Gasteiger partial charge in [-0.1, -0.05) is 30.3 Å². The van der Waals surface area contributed by atoms with Crippen LogP contribution in [0.5, 0.6) is 0 Å². The standard InChI is InChI=1S/C20H23F5N2O12P2/c1-17(10-37-41(35,36)39-40(32,33)34)13(28)14(29)18(2,38-17)27-8-12(20(23,24)25)15(30)26(16(27)31)9-19(21,22)11-6-4-3-5-7-11/h3-8,13-14,28-29H,9-10H2,1-2H3,(H,35,36)(H2,32,33,34). The van der Waals surface area contributed by atoms with Gasteiger partial charge in [-0.05, 0) is 13.8 Å². The molecule has 230 valence electrons. The molecule has 0 aliphatic carbocycles. The van der Waals surface area contributed by atoms with Crippen LogP contribution >= 0.6 is 15.6 Å². The molecule has 3 rings (SSSR count). The minimum atomic E-state index is -5.59. The third-order valence-corrected chi connectivity index (χ3v) is 8.28. The van der Waals surface area contributed by atoms with Crippen molar-refractivity contribution < 1.29 is 69.5 Å². The topological polar surface area (TPSA) is 207 Å². The lowest BCUT2D eigenvalue weighted by atomic mass is 9.96. The predicted molar refractivity (Wildman–Crippen MR) is 124 cm³/mol. The van der Waals surface area contributed by atoms with Crippen molar-refractivity contribution in [1.82, 2.24) is 9.13 Å². The van der Waals surface area contributed by atoms with Gasteiger partial charge in [-0.2, -0.15) is 26.3 Å². The molecule has 21 heteroatoms. The number of aliphatic hydroxyl groups excluding tert-OH is 2. The third-order valence-electron chi connectivity index (χ3n) is 6.14. The fourth-order valence-corrected chi connectivity index (χ4v) is 5.80. The van der Waals surface area contributed by atoms with E-state index >= 15 is 0 Å². The summed E-state index contributed by atoms with van der Waals surface area (Å²) >= 11 is 0. The Balaban J connectivity index is 2.12. The molecule has 2 heterocycles. The molecule has 14 nitrogen and oxygen atoms in total. The van der Waals surface area contributed by atoms with Crippen LogP contribution in [0, 0.1) is 0 Å². The van der Waals surface area contributed by atoms with E-state index in [4.69, 9.17) is 14.5 Å². The molecule has 2 aromatic rings. The fourth-order valence-electron chi connectivity index (χ4n) is 4.12. The van der Waals surface area contributed by atoms with Crippen LogP contribution in [0.3, 0.4) is 0 Å². The minimum absolute atomic E-state index is 0.0535. The summed E-state index contributed by atoms with van der Waals surface area (Å²) in [4.78, 5) is 52.7. The second kappa shape index (κ2) is 10.8. The van der Waals surface area contributed by atoms with E-state index in [9.17, 15) is 55.8 Å². The number of phosphoric ester groups is 1. The van der Waals surface area contributed by atoms with E-state index in [0.29, 0.717) is 0 Å². The van der Waals surface area contributed by atoms with Gasteiger partial charge in [-0.3, -0.25) is 18.5 Å². The van der Waals surface area contributed by atoms with E-state index in [2.05, 4.69) is 8.83 Å². The monoisotopic (exact) mass is 640 g/mol. The normalized spacial score (nSPS) is 27.1. The Morgan fingerprint density at radius 1 is 1.00 bits per heavy atom. The van der Waals surface area contributed by atoms with Crippen molar-refractivity contribution in [2.24, 2.45) is 0 Å². The maximum absolute atomic E-state index is 15.0. The lowest BCUT2D eigenvalue weighted by Gasteiger charge is -2.33. The zero-order valence-electron chi connectivity index (χ0n) is 20.8. The predicted octanol–water partition coefficient (Wildman–Crippen LogP) is 1.23. The summed E-state index contributed by atoms with van der Waals surface area (Å²) in [5, 5.41) is 21.3. The second-order valence-electron chi connectivity index (χ2n) is 9.33. The van der Waals surface area contributed by atoms with Gasteiger partial charge in [0.15, 0.2) is 5.72 Å². The van der Waals surface area contributed by atoms with Crippen LogP contribution in [0.25, 0.3) is 0 Å². The van der Waals surface area contributed by atoms with Gasteiger partial charge in [0.05, 0.1) is 13.2 Å². The first-order chi connectivity index (χ1) is 18.4.